The van der Waals surface area contributed by atoms with Gasteiger partial charge in [0.2, 0.25) is 5.91 Å². The number of rotatable bonds is 6. The Morgan fingerprint density at radius 3 is 2.46 bits per heavy atom. The quantitative estimate of drug-likeness (QED) is 0.644. The molecule has 0 aliphatic rings. The van der Waals surface area contributed by atoms with Gasteiger partial charge in [0.15, 0.2) is 11.0 Å². The van der Waals surface area contributed by atoms with Gasteiger partial charge in [0.1, 0.15) is 0 Å². The lowest BCUT2D eigenvalue weighted by Gasteiger charge is -2.19. The van der Waals surface area contributed by atoms with Gasteiger partial charge in [0.05, 0.1) is 5.25 Å². The van der Waals surface area contributed by atoms with Crippen molar-refractivity contribution in [2.45, 2.75) is 50.1 Å². The lowest BCUT2D eigenvalue weighted by molar-refractivity contribution is -0.117. The number of primary amides is 1. The molecule has 128 valence electrons. The van der Waals surface area contributed by atoms with E-state index in [4.69, 9.17) is 5.73 Å². The molecule has 0 saturated carbocycles. The van der Waals surface area contributed by atoms with Crippen LogP contribution in [0.5, 0.6) is 0 Å². The van der Waals surface area contributed by atoms with Crippen LogP contribution in [-0.4, -0.2) is 25.9 Å². The zero-order chi connectivity index (χ0) is 17.9. The molecular weight excluding hydrogens is 320 g/mol. The third-order valence-corrected chi connectivity index (χ3v) is 4.82. The van der Waals surface area contributed by atoms with Gasteiger partial charge in [-0.1, -0.05) is 62.9 Å². The van der Waals surface area contributed by atoms with E-state index in [1.54, 1.807) is 13.0 Å². The molecule has 1 atom stereocenters. The van der Waals surface area contributed by atoms with Crippen molar-refractivity contribution < 1.29 is 4.79 Å². The molecular formula is C18H24N4OS. The number of thioether (sulfide) groups is 1. The fourth-order valence-corrected chi connectivity index (χ4v) is 3.03. The molecule has 1 heterocycles. The molecule has 24 heavy (non-hydrogen) atoms. The second kappa shape index (κ2) is 7.21. The third-order valence-electron chi connectivity index (χ3n) is 3.72. The second-order valence-corrected chi connectivity index (χ2v) is 8.00. The lowest BCUT2D eigenvalue weighted by atomic mass is 9.87. The van der Waals surface area contributed by atoms with E-state index in [9.17, 15) is 4.79 Å². The Bertz CT molecular complexity index is 728. The van der Waals surface area contributed by atoms with Crippen molar-refractivity contribution >= 4 is 17.7 Å². The Morgan fingerprint density at radius 2 is 1.96 bits per heavy atom. The van der Waals surface area contributed by atoms with Crippen molar-refractivity contribution in [2.75, 3.05) is 0 Å². The smallest absolute Gasteiger partial charge is 0.230 e. The van der Waals surface area contributed by atoms with Gasteiger partial charge in [-0.25, -0.2) is 0 Å². The fourth-order valence-electron chi connectivity index (χ4n) is 2.22. The summed E-state index contributed by atoms with van der Waals surface area (Å²) in [5, 5.41) is 8.82. The number of nitrogens with zero attached hydrogens (tertiary/aromatic N) is 3. The van der Waals surface area contributed by atoms with Crippen LogP contribution in [0.1, 0.15) is 33.3 Å². The Kier molecular flexibility index (Phi) is 5.49. The SMILES string of the molecule is C=CCn1c(S[C@@H](C)C(N)=O)nnc1-c1ccc(C(C)(C)C)cc1. The van der Waals surface area contributed by atoms with Crippen LogP contribution in [-0.2, 0) is 16.8 Å². The van der Waals surface area contributed by atoms with Crippen molar-refractivity contribution in [1.82, 2.24) is 14.8 Å². The Morgan fingerprint density at radius 1 is 1.33 bits per heavy atom. The Hall–Kier alpha value is -2.08. The van der Waals surface area contributed by atoms with Crippen molar-refractivity contribution in [2.24, 2.45) is 5.73 Å². The lowest BCUT2D eigenvalue weighted by Crippen LogP contribution is -2.23. The molecule has 0 unspecified atom stereocenters. The molecule has 0 fully saturated rings. The summed E-state index contributed by atoms with van der Waals surface area (Å²) in [4.78, 5) is 11.3. The van der Waals surface area contributed by atoms with Crippen molar-refractivity contribution in [3.05, 3.63) is 42.5 Å². The topological polar surface area (TPSA) is 73.8 Å². The van der Waals surface area contributed by atoms with Crippen LogP contribution < -0.4 is 5.73 Å². The van der Waals surface area contributed by atoms with Gasteiger partial charge in [0.25, 0.3) is 0 Å². The molecule has 6 heteroatoms. The number of benzene rings is 1. The molecule has 2 aromatic rings. The van der Waals surface area contributed by atoms with Crippen LogP contribution in [0, 0.1) is 0 Å². The number of hydrogen-bond acceptors (Lipinski definition) is 4. The summed E-state index contributed by atoms with van der Waals surface area (Å²) in [5.74, 6) is 0.388. The van der Waals surface area contributed by atoms with Crippen LogP contribution in [0.4, 0.5) is 0 Å². The molecule has 0 bridgehead atoms. The molecule has 2 N–H and O–H groups in total. The number of aromatic nitrogens is 3. The molecule has 0 aliphatic heterocycles. The van der Waals surface area contributed by atoms with E-state index in [2.05, 4.69) is 61.8 Å². The summed E-state index contributed by atoms with van der Waals surface area (Å²) in [7, 11) is 0. The van der Waals surface area contributed by atoms with Gasteiger partial charge >= 0.3 is 0 Å². The molecule has 1 amide bonds. The maximum atomic E-state index is 11.3. The average Bonchev–Trinajstić information content (AvgIpc) is 2.89. The zero-order valence-corrected chi connectivity index (χ0v) is 15.4. The highest BCUT2D eigenvalue weighted by Crippen LogP contribution is 2.29. The number of nitrogens with two attached hydrogens (primary N) is 1. The minimum Gasteiger partial charge on any atom is -0.369 e. The molecule has 0 saturated heterocycles. The highest BCUT2D eigenvalue weighted by Gasteiger charge is 2.19. The van der Waals surface area contributed by atoms with E-state index >= 15 is 0 Å². The average molecular weight is 344 g/mol. The molecule has 1 aromatic heterocycles. The number of carbonyl (C=O) groups excluding carboxylic acids is 1. The number of amides is 1. The highest BCUT2D eigenvalue weighted by atomic mass is 32.2. The van der Waals surface area contributed by atoms with Gasteiger partial charge in [-0.15, -0.1) is 16.8 Å². The van der Waals surface area contributed by atoms with E-state index in [0.29, 0.717) is 11.7 Å². The first-order valence-electron chi connectivity index (χ1n) is 7.85. The third kappa shape index (κ3) is 4.06. The Balaban J connectivity index is 2.38. The van der Waals surface area contributed by atoms with Crippen LogP contribution in [0.15, 0.2) is 42.1 Å². The first-order valence-corrected chi connectivity index (χ1v) is 8.73. The van der Waals surface area contributed by atoms with Crippen molar-refractivity contribution in [3.8, 4) is 11.4 Å². The van der Waals surface area contributed by atoms with Crippen LogP contribution in [0.2, 0.25) is 0 Å². The van der Waals surface area contributed by atoms with E-state index in [1.165, 1.54) is 17.3 Å². The molecule has 0 aliphatic carbocycles. The number of allylic oxidation sites excluding steroid dienone is 1. The monoisotopic (exact) mass is 344 g/mol. The highest BCUT2D eigenvalue weighted by molar-refractivity contribution is 8.00. The van der Waals surface area contributed by atoms with Crippen molar-refractivity contribution in [1.29, 1.82) is 0 Å². The standard InChI is InChI=1S/C18H24N4OS/c1-6-11-22-16(20-21-17(22)24-12(2)15(19)23)13-7-9-14(10-8-13)18(3,4)5/h6-10,12H,1,11H2,2-5H3,(H2,19,23)/t12-/m0/s1. The summed E-state index contributed by atoms with van der Waals surface area (Å²) >= 11 is 1.31. The summed E-state index contributed by atoms with van der Waals surface area (Å²) in [6.45, 7) is 12.7. The predicted octanol–water partition coefficient (Wildman–Crippen LogP) is 3.39. The second-order valence-electron chi connectivity index (χ2n) is 6.70. The van der Waals surface area contributed by atoms with Gasteiger partial charge in [-0.2, -0.15) is 0 Å². The normalized spacial score (nSPS) is 12.8. The molecule has 1 aromatic carbocycles. The summed E-state index contributed by atoms with van der Waals surface area (Å²) in [6, 6.07) is 8.33. The maximum Gasteiger partial charge on any atom is 0.230 e. The fraction of sp³-hybridized carbons (Fsp3) is 0.389. The molecule has 5 nitrogen and oxygen atoms in total. The molecule has 2 rings (SSSR count). The van der Waals surface area contributed by atoms with Crippen LogP contribution in [0.25, 0.3) is 11.4 Å². The largest absolute Gasteiger partial charge is 0.369 e. The minimum absolute atomic E-state index is 0.102. The summed E-state index contributed by atoms with van der Waals surface area (Å²) in [6.07, 6.45) is 1.79. The Labute approximate surface area is 147 Å². The van der Waals surface area contributed by atoms with Crippen molar-refractivity contribution in [3.63, 3.8) is 0 Å². The zero-order valence-electron chi connectivity index (χ0n) is 14.6. The number of carbonyl (C=O) groups is 1. The van der Waals surface area contributed by atoms with E-state index in [1.807, 2.05) is 4.57 Å². The van der Waals surface area contributed by atoms with E-state index in [0.717, 1.165) is 11.4 Å². The number of hydrogen-bond donors (Lipinski definition) is 1. The summed E-state index contributed by atoms with van der Waals surface area (Å²) in [5.41, 5.74) is 7.69. The minimum atomic E-state index is -0.371. The first-order chi connectivity index (χ1) is 11.2. The van der Waals surface area contributed by atoms with Gasteiger partial charge in [-0.05, 0) is 17.9 Å². The first kappa shape index (κ1) is 18.3. The van der Waals surface area contributed by atoms with E-state index < -0.39 is 0 Å². The van der Waals surface area contributed by atoms with Gasteiger partial charge in [-0.3, -0.25) is 9.36 Å². The summed E-state index contributed by atoms with van der Waals surface area (Å²) < 4.78 is 1.95. The van der Waals surface area contributed by atoms with Crippen LogP contribution >= 0.6 is 11.8 Å². The molecule has 0 spiro atoms. The van der Waals surface area contributed by atoms with Gasteiger partial charge < -0.3 is 5.73 Å². The van der Waals surface area contributed by atoms with E-state index in [-0.39, 0.29) is 16.6 Å². The van der Waals surface area contributed by atoms with Crippen LogP contribution in [0.3, 0.4) is 0 Å². The van der Waals surface area contributed by atoms with Gasteiger partial charge in [0, 0.05) is 12.1 Å². The maximum absolute atomic E-state index is 11.3. The predicted molar refractivity (Wildman–Crippen MR) is 98.9 cm³/mol. The molecule has 0 radical (unpaired) electrons.